The third-order valence-electron chi connectivity index (χ3n) is 12.4. The van der Waals surface area contributed by atoms with Crippen LogP contribution in [0.25, 0.3) is 11.1 Å². The number of nitrogens with zero attached hydrogens (tertiary/aromatic N) is 6. The first kappa shape index (κ1) is 36.9. The summed E-state index contributed by atoms with van der Waals surface area (Å²) < 4.78 is 9.46. The molecule has 8 rings (SSSR count). The molecule has 286 valence electrons. The Morgan fingerprint density at radius 2 is 1.41 bits per heavy atom. The number of ether oxygens (including phenoxy) is 1. The highest BCUT2D eigenvalue weighted by Gasteiger charge is 2.31. The number of benzene rings is 2. The number of halogens is 1. The molecule has 11 nitrogen and oxygen atoms in total. The number of carbonyl (C=O) groups excluding carboxylic acids is 2. The highest BCUT2D eigenvalue weighted by Crippen LogP contribution is 2.38. The second-order valence-corrected chi connectivity index (χ2v) is 16.1. The summed E-state index contributed by atoms with van der Waals surface area (Å²) in [5, 5.41) is 6.60. The van der Waals surface area contributed by atoms with Gasteiger partial charge in [0.15, 0.2) is 11.6 Å². The summed E-state index contributed by atoms with van der Waals surface area (Å²) in [6.07, 6.45) is 11.9. The third-order valence-corrected chi connectivity index (χ3v) is 12.8. The van der Waals surface area contributed by atoms with Gasteiger partial charge >= 0.3 is 0 Å². The van der Waals surface area contributed by atoms with Crippen LogP contribution in [0.2, 0.25) is 5.02 Å². The van der Waals surface area contributed by atoms with Gasteiger partial charge in [-0.05, 0) is 61.9 Å². The monoisotopic (exact) mass is 752 g/mol. The van der Waals surface area contributed by atoms with E-state index in [1.165, 1.54) is 38.5 Å². The van der Waals surface area contributed by atoms with Crippen molar-refractivity contribution in [3.63, 3.8) is 0 Å². The number of hydrogen-bond donors (Lipinski definition) is 2. The Morgan fingerprint density at radius 1 is 0.796 bits per heavy atom. The van der Waals surface area contributed by atoms with Crippen molar-refractivity contribution in [2.75, 3.05) is 43.5 Å². The van der Waals surface area contributed by atoms with E-state index in [1.807, 2.05) is 60.5 Å². The van der Waals surface area contributed by atoms with Crippen LogP contribution in [0.5, 0.6) is 0 Å². The van der Waals surface area contributed by atoms with Gasteiger partial charge in [0.1, 0.15) is 0 Å². The summed E-state index contributed by atoms with van der Waals surface area (Å²) >= 11 is 7.04. The van der Waals surface area contributed by atoms with Gasteiger partial charge < -0.3 is 24.5 Å². The minimum atomic E-state index is -0.300. The molecule has 3 aliphatic heterocycles. The van der Waals surface area contributed by atoms with Gasteiger partial charge in [0.25, 0.3) is 11.8 Å². The van der Waals surface area contributed by atoms with Crippen LogP contribution >= 0.6 is 11.6 Å². The first-order chi connectivity index (χ1) is 26.2. The molecule has 54 heavy (non-hydrogen) atoms. The van der Waals surface area contributed by atoms with Crippen LogP contribution in [-0.2, 0) is 44.8 Å². The average molecular weight is 753 g/mol. The van der Waals surface area contributed by atoms with Crippen LogP contribution in [-0.4, -0.2) is 79.6 Å². The zero-order valence-corrected chi connectivity index (χ0v) is 32.7. The van der Waals surface area contributed by atoms with E-state index in [0.717, 1.165) is 117 Å². The summed E-state index contributed by atoms with van der Waals surface area (Å²) in [5.74, 6) is 1.12. The molecule has 2 aromatic carbocycles. The molecule has 0 radical (unpaired) electrons. The molecule has 2 amide bonds. The number of imidazole rings is 2. The fraction of sp³-hybridized carbons (Fsp3) is 0.524. The van der Waals surface area contributed by atoms with Crippen molar-refractivity contribution < 1.29 is 14.3 Å². The number of rotatable bonds is 9. The molecule has 0 atom stereocenters. The molecule has 0 spiro atoms. The number of fused-ring (bicyclic) bond motifs is 2. The second kappa shape index (κ2) is 16.0. The molecule has 2 N–H and O–H groups in total. The van der Waals surface area contributed by atoms with E-state index < -0.39 is 0 Å². The second-order valence-electron chi connectivity index (χ2n) is 15.7. The number of aromatic nitrogens is 4. The Labute approximate surface area is 323 Å². The molecule has 2 aromatic heterocycles. The van der Waals surface area contributed by atoms with Gasteiger partial charge in [0, 0.05) is 95.0 Å². The maximum absolute atomic E-state index is 13.7. The van der Waals surface area contributed by atoms with Crippen molar-refractivity contribution >= 4 is 34.8 Å². The fourth-order valence-corrected chi connectivity index (χ4v) is 9.46. The summed E-state index contributed by atoms with van der Waals surface area (Å²) in [7, 11) is 3.86. The van der Waals surface area contributed by atoms with Crippen LogP contribution in [0, 0.1) is 12.8 Å². The molecule has 5 heterocycles. The van der Waals surface area contributed by atoms with E-state index in [0.29, 0.717) is 34.1 Å². The van der Waals surface area contributed by atoms with Gasteiger partial charge in [-0.1, -0.05) is 68.0 Å². The van der Waals surface area contributed by atoms with Crippen molar-refractivity contribution in [3.8, 4) is 11.1 Å². The van der Waals surface area contributed by atoms with E-state index in [2.05, 4.69) is 20.4 Å². The minimum Gasteiger partial charge on any atom is -0.381 e. The van der Waals surface area contributed by atoms with Crippen LogP contribution in [0.15, 0.2) is 36.4 Å². The number of anilines is 2. The molecule has 2 fully saturated rings. The van der Waals surface area contributed by atoms with Gasteiger partial charge in [-0.15, -0.1) is 0 Å². The molecule has 0 unspecified atom stereocenters. The normalized spacial score (nSPS) is 18.7. The summed E-state index contributed by atoms with van der Waals surface area (Å²) in [4.78, 5) is 42.1. The minimum absolute atomic E-state index is 0.235. The summed E-state index contributed by atoms with van der Waals surface area (Å²) in [6, 6.07) is 11.9. The Balaban J connectivity index is 0.946. The van der Waals surface area contributed by atoms with Crippen molar-refractivity contribution in [3.05, 3.63) is 81.4 Å². The number of amides is 2. The molecule has 0 bridgehead atoms. The largest absolute Gasteiger partial charge is 0.381 e. The van der Waals surface area contributed by atoms with Crippen LogP contribution in [0.4, 0.5) is 11.4 Å². The molecule has 1 saturated heterocycles. The number of hydrogen-bond acceptors (Lipinski definition) is 7. The maximum atomic E-state index is 13.7. The Bertz CT molecular complexity index is 2030. The topological polar surface area (TPSA) is 110 Å². The van der Waals surface area contributed by atoms with Gasteiger partial charge in [0.2, 0.25) is 0 Å². The van der Waals surface area contributed by atoms with Gasteiger partial charge in [-0.25, -0.2) is 9.97 Å². The van der Waals surface area contributed by atoms with E-state index in [-0.39, 0.29) is 11.8 Å². The molecule has 1 saturated carbocycles. The number of nitrogens with one attached hydrogen (secondary N) is 2. The van der Waals surface area contributed by atoms with Crippen molar-refractivity contribution in [1.29, 1.82) is 0 Å². The number of carbonyl (C=O) groups is 2. The highest BCUT2D eigenvalue weighted by atomic mass is 35.5. The lowest BCUT2D eigenvalue weighted by atomic mass is 9.87. The zero-order valence-electron chi connectivity index (χ0n) is 31.9. The van der Waals surface area contributed by atoms with Crippen LogP contribution in [0.1, 0.15) is 101 Å². The Kier molecular flexibility index (Phi) is 10.9. The van der Waals surface area contributed by atoms with E-state index in [9.17, 15) is 9.59 Å². The maximum Gasteiger partial charge on any atom is 0.291 e. The lowest BCUT2D eigenvalue weighted by Gasteiger charge is -2.36. The molecular formula is C42H53ClN8O3. The standard InChI is InChI=1S/C42H53ClN8O3/c1-27-30(11-7-13-32(27)46-41(52)39-44-34-25-50(21-16-36(34)48(39)2)20-15-28-9-5-4-6-10-28)31-12-8-14-33(38(31)43)47-42(53)40-45-35-26-51(22-17-37(35)49(40)3)29-18-23-54-24-19-29/h7-8,11-14,28-29H,4-6,9-10,15-26H2,1-3H3,(H,46,52)(H,47,53). The quantitative estimate of drug-likeness (QED) is 0.187. The molecule has 1 aliphatic carbocycles. The highest BCUT2D eigenvalue weighted by molar-refractivity contribution is 6.36. The zero-order chi connectivity index (χ0) is 37.3. The van der Waals surface area contributed by atoms with Crippen molar-refractivity contribution in [1.82, 2.24) is 28.9 Å². The van der Waals surface area contributed by atoms with Crippen molar-refractivity contribution in [2.24, 2.45) is 20.0 Å². The van der Waals surface area contributed by atoms with E-state index >= 15 is 0 Å². The SMILES string of the molecule is Cc1c(NC(=O)c2nc3c(n2C)CCN(CCC2CCCCC2)C3)cccc1-c1cccc(NC(=O)c2nc3c(n2C)CCN(C2CCOCC2)C3)c1Cl. The molecule has 4 aliphatic rings. The molecular weight excluding hydrogens is 700 g/mol. The Morgan fingerprint density at radius 3 is 2.11 bits per heavy atom. The van der Waals surface area contributed by atoms with Crippen LogP contribution in [0.3, 0.4) is 0 Å². The summed E-state index contributed by atoms with van der Waals surface area (Å²) in [6.45, 7) is 8.16. The van der Waals surface area contributed by atoms with Gasteiger partial charge in [0.05, 0.1) is 22.1 Å². The lowest BCUT2D eigenvalue weighted by molar-refractivity contribution is 0.0283. The van der Waals surface area contributed by atoms with Gasteiger partial charge in [-0.3, -0.25) is 19.4 Å². The fourth-order valence-electron chi connectivity index (χ4n) is 9.19. The first-order valence-electron chi connectivity index (χ1n) is 19.9. The molecule has 4 aromatic rings. The average Bonchev–Trinajstić information content (AvgIpc) is 3.71. The van der Waals surface area contributed by atoms with E-state index in [1.54, 1.807) is 6.07 Å². The van der Waals surface area contributed by atoms with E-state index in [4.69, 9.17) is 26.3 Å². The van der Waals surface area contributed by atoms with Crippen molar-refractivity contribution in [2.45, 2.75) is 90.3 Å². The molecule has 12 heteroatoms. The third kappa shape index (κ3) is 7.48. The first-order valence-corrected chi connectivity index (χ1v) is 20.3. The lowest BCUT2D eigenvalue weighted by Crippen LogP contribution is -2.42. The Hall–Kier alpha value is -4.03. The summed E-state index contributed by atoms with van der Waals surface area (Å²) in [5.41, 5.74) is 7.91. The smallest absolute Gasteiger partial charge is 0.291 e. The predicted octanol–water partition coefficient (Wildman–Crippen LogP) is 7.15. The van der Waals surface area contributed by atoms with Gasteiger partial charge in [-0.2, -0.15) is 0 Å². The van der Waals surface area contributed by atoms with Crippen LogP contribution < -0.4 is 10.6 Å². The predicted molar refractivity (Wildman–Crippen MR) is 212 cm³/mol.